The number of nitrogens with zero attached hydrogens (tertiary/aromatic N) is 2. The number of furan rings is 1. The molecule has 1 atom stereocenters. The molecular formula is C27H31N3O5S. The van der Waals surface area contributed by atoms with Gasteiger partial charge in [0.05, 0.1) is 17.4 Å². The Labute approximate surface area is 212 Å². The van der Waals surface area contributed by atoms with Gasteiger partial charge in [0.25, 0.3) is 0 Å². The third-order valence-electron chi connectivity index (χ3n) is 6.51. The van der Waals surface area contributed by atoms with Gasteiger partial charge in [-0.05, 0) is 40.8 Å². The van der Waals surface area contributed by atoms with E-state index in [9.17, 15) is 18.0 Å². The summed E-state index contributed by atoms with van der Waals surface area (Å²) in [6.45, 7) is 6.02. The minimum atomic E-state index is -3.94. The highest BCUT2D eigenvalue weighted by molar-refractivity contribution is 7.89. The monoisotopic (exact) mass is 509 g/mol. The first kappa shape index (κ1) is 25.7. The van der Waals surface area contributed by atoms with Gasteiger partial charge in [0, 0.05) is 38.7 Å². The highest BCUT2D eigenvalue weighted by Gasteiger charge is 2.40. The van der Waals surface area contributed by atoms with Crippen LogP contribution in [0.4, 0.5) is 0 Å². The molecule has 2 amide bonds. The molecule has 0 saturated carbocycles. The Morgan fingerprint density at radius 2 is 1.69 bits per heavy atom. The maximum atomic E-state index is 13.5. The fourth-order valence-electron chi connectivity index (χ4n) is 4.26. The van der Waals surface area contributed by atoms with E-state index in [1.165, 1.54) is 16.1 Å². The number of carbonyl (C=O) groups is 2. The van der Waals surface area contributed by atoms with E-state index in [-0.39, 0.29) is 42.9 Å². The molecule has 36 heavy (non-hydrogen) atoms. The third-order valence-corrected chi connectivity index (χ3v) is 8.43. The first-order valence-corrected chi connectivity index (χ1v) is 13.4. The molecular weight excluding hydrogens is 478 g/mol. The molecule has 0 radical (unpaired) electrons. The summed E-state index contributed by atoms with van der Waals surface area (Å²) in [5, 5.41) is 2.86. The number of hydrogen-bond donors (Lipinski definition) is 1. The van der Waals surface area contributed by atoms with E-state index in [0.29, 0.717) is 0 Å². The van der Waals surface area contributed by atoms with Gasteiger partial charge < -0.3 is 14.6 Å². The summed E-state index contributed by atoms with van der Waals surface area (Å²) in [6.07, 6.45) is 3.27. The summed E-state index contributed by atoms with van der Waals surface area (Å²) in [4.78, 5) is 26.9. The van der Waals surface area contributed by atoms with Crippen molar-refractivity contribution >= 4 is 21.8 Å². The topological polar surface area (TPSA) is 99.9 Å². The minimum Gasteiger partial charge on any atom is -0.472 e. The fraction of sp³-hybridized carbons (Fsp3) is 0.333. The van der Waals surface area contributed by atoms with Crippen LogP contribution in [0.5, 0.6) is 0 Å². The number of rotatable bonds is 7. The lowest BCUT2D eigenvalue weighted by Gasteiger charge is -2.39. The Morgan fingerprint density at radius 1 is 1.00 bits per heavy atom. The number of benzene rings is 2. The van der Waals surface area contributed by atoms with Gasteiger partial charge in [0.2, 0.25) is 21.8 Å². The fourth-order valence-corrected chi connectivity index (χ4v) is 5.83. The SMILES string of the molecule is CC(=O)N1CCN(S(=O)(=O)c2ccc(C(C)C)cc2)[C@@H](C(=O)NCc2ccc(-c3ccoc3)cc2)C1. The predicted octanol–water partition coefficient (Wildman–Crippen LogP) is 3.61. The molecule has 1 aliphatic heterocycles. The Bertz CT molecular complexity index is 1300. The van der Waals surface area contributed by atoms with Crippen LogP contribution in [0.1, 0.15) is 37.8 Å². The van der Waals surface area contributed by atoms with Gasteiger partial charge in [-0.1, -0.05) is 50.2 Å². The van der Waals surface area contributed by atoms with Crippen molar-refractivity contribution in [3.8, 4) is 11.1 Å². The van der Waals surface area contributed by atoms with Gasteiger partial charge in [-0.2, -0.15) is 4.31 Å². The zero-order valence-corrected chi connectivity index (χ0v) is 21.5. The summed E-state index contributed by atoms with van der Waals surface area (Å²) in [7, 11) is -3.94. The number of nitrogens with one attached hydrogen (secondary N) is 1. The van der Waals surface area contributed by atoms with Gasteiger partial charge in [-0.25, -0.2) is 8.42 Å². The summed E-state index contributed by atoms with van der Waals surface area (Å²) in [6, 6.07) is 15.3. The van der Waals surface area contributed by atoms with Gasteiger partial charge in [0.15, 0.2) is 0 Å². The second-order valence-electron chi connectivity index (χ2n) is 9.25. The Hall–Kier alpha value is -3.43. The van der Waals surface area contributed by atoms with Crippen LogP contribution >= 0.6 is 0 Å². The highest BCUT2D eigenvalue weighted by atomic mass is 32.2. The molecule has 9 heteroatoms. The molecule has 1 aliphatic rings. The molecule has 3 aromatic rings. The molecule has 0 bridgehead atoms. The minimum absolute atomic E-state index is 0.00387. The number of hydrogen-bond acceptors (Lipinski definition) is 5. The largest absolute Gasteiger partial charge is 0.472 e. The second-order valence-corrected chi connectivity index (χ2v) is 11.1. The molecule has 2 aromatic carbocycles. The van der Waals surface area contributed by atoms with Crippen LogP contribution in [0, 0.1) is 0 Å². The zero-order valence-electron chi connectivity index (χ0n) is 20.7. The van der Waals surface area contributed by atoms with Crippen LogP contribution in [-0.4, -0.2) is 55.1 Å². The van der Waals surface area contributed by atoms with E-state index in [2.05, 4.69) is 5.32 Å². The van der Waals surface area contributed by atoms with Crippen LogP contribution in [-0.2, 0) is 26.2 Å². The molecule has 1 fully saturated rings. The Kier molecular flexibility index (Phi) is 7.61. The summed E-state index contributed by atoms with van der Waals surface area (Å²) in [5.74, 6) is -0.364. The molecule has 0 aliphatic carbocycles. The van der Waals surface area contributed by atoms with Crippen molar-refractivity contribution in [2.75, 3.05) is 19.6 Å². The smallest absolute Gasteiger partial charge is 0.243 e. The third kappa shape index (κ3) is 5.52. The van der Waals surface area contributed by atoms with Gasteiger partial charge in [-0.3, -0.25) is 9.59 Å². The van der Waals surface area contributed by atoms with Gasteiger partial charge in [-0.15, -0.1) is 0 Å². The van der Waals surface area contributed by atoms with Crippen molar-refractivity contribution < 1.29 is 22.4 Å². The number of carbonyl (C=O) groups excluding carboxylic acids is 2. The molecule has 8 nitrogen and oxygen atoms in total. The lowest BCUT2D eigenvalue weighted by molar-refractivity contribution is -0.134. The normalized spacial score (nSPS) is 16.8. The van der Waals surface area contributed by atoms with E-state index in [0.717, 1.165) is 22.3 Å². The first-order chi connectivity index (χ1) is 17.2. The summed E-state index contributed by atoms with van der Waals surface area (Å²) < 4.78 is 33.4. The standard InChI is InChI=1S/C27H31N3O5S/c1-19(2)22-8-10-25(11-9-22)36(33,34)30-14-13-29(20(3)31)17-26(30)27(32)28-16-21-4-6-23(7-5-21)24-12-15-35-18-24/h4-12,15,18-19,26H,13-14,16-17H2,1-3H3,(H,28,32)/t26-/m1/s1. The first-order valence-electron chi connectivity index (χ1n) is 11.9. The Morgan fingerprint density at radius 3 is 2.28 bits per heavy atom. The summed E-state index contributed by atoms with van der Waals surface area (Å²) in [5.41, 5.74) is 3.85. The molecule has 190 valence electrons. The molecule has 4 rings (SSSR count). The van der Waals surface area contributed by atoms with Crippen LogP contribution in [0.2, 0.25) is 0 Å². The molecule has 1 aromatic heterocycles. The van der Waals surface area contributed by atoms with Crippen molar-refractivity contribution in [2.24, 2.45) is 0 Å². The molecule has 0 unspecified atom stereocenters. The molecule has 1 saturated heterocycles. The van der Waals surface area contributed by atoms with Gasteiger partial charge in [0.1, 0.15) is 6.04 Å². The van der Waals surface area contributed by atoms with Crippen LogP contribution in [0.25, 0.3) is 11.1 Å². The lowest BCUT2D eigenvalue weighted by Crippen LogP contribution is -2.61. The molecule has 1 N–H and O–H groups in total. The molecule has 2 heterocycles. The van der Waals surface area contributed by atoms with Crippen molar-refractivity contribution in [1.82, 2.24) is 14.5 Å². The second kappa shape index (κ2) is 10.7. The highest BCUT2D eigenvalue weighted by Crippen LogP contribution is 2.25. The predicted molar refractivity (Wildman–Crippen MR) is 136 cm³/mol. The average Bonchev–Trinajstić information content (AvgIpc) is 3.42. The van der Waals surface area contributed by atoms with Crippen molar-refractivity contribution in [3.05, 3.63) is 78.3 Å². The lowest BCUT2D eigenvalue weighted by atomic mass is 10.0. The molecule has 0 spiro atoms. The average molecular weight is 510 g/mol. The number of amides is 2. The maximum Gasteiger partial charge on any atom is 0.243 e. The van der Waals surface area contributed by atoms with Gasteiger partial charge >= 0.3 is 0 Å². The number of piperazine rings is 1. The maximum absolute atomic E-state index is 13.5. The van der Waals surface area contributed by atoms with Crippen molar-refractivity contribution in [1.29, 1.82) is 0 Å². The summed E-state index contributed by atoms with van der Waals surface area (Å²) >= 11 is 0. The van der Waals surface area contributed by atoms with E-state index < -0.39 is 22.0 Å². The van der Waals surface area contributed by atoms with Crippen LogP contribution < -0.4 is 5.32 Å². The zero-order chi connectivity index (χ0) is 25.9. The van der Waals surface area contributed by atoms with Crippen LogP contribution in [0.3, 0.4) is 0 Å². The van der Waals surface area contributed by atoms with Crippen molar-refractivity contribution in [3.63, 3.8) is 0 Å². The van der Waals surface area contributed by atoms with Crippen LogP contribution in [0.15, 0.2) is 76.4 Å². The van der Waals surface area contributed by atoms with E-state index in [4.69, 9.17) is 4.42 Å². The quantitative estimate of drug-likeness (QED) is 0.525. The Balaban J connectivity index is 1.51. The van der Waals surface area contributed by atoms with E-state index >= 15 is 0 Å². The van der Waals surface area contributed by atoms with Crippen molar-refractivity contribution in [2.45, 2.75) is 44.2 Å². The number of sulfonamides is 1. The van der Waals surface area contributed by atoms with E-state index in [1.54, 1.807) is 36.8 Å². The van der Waals surface area contributed by atoms with E-state index in [1.807, 2.05) is 44.2 Å².